The van der Waals surface area contributed by atoms with Gasteiger partial charge in [-0.15, -0.1) is 0 Å². The number of hydrogen-bond acceptors (Lipinski definition) is 6. The summed E-state index contributed by atoms with van der Waals surface area (Å²) in [6, 6.07) is 1.61. The Labute approximate surface area is 174 Å². The minimum absolute atomic E-state index is 0.0698. The summed E-state index contributed by atoms with van der Waals surface area (Å²) in [5, 5.41) is 4.39. The maximum Gasteiger partial charge on any atom is 0.333 e. The number of hydrogen-bond donors (Lipinski definition) is 3. The Kier molecular flexibility index (Phi) is 7.08. The van der Waals surface area contributed by atoms with Crippen molar-refractivity contribution in [3.8, 4) is 0 Å². The Morgan fingerprint density at radius 2 is 1.53 bits per heavy atom. The maximum absolute atomic E-state index is 14.0. The summed E-state index contributed by atoms with van der Waals surface area (Å²) < 4.78 is 40.7. The fourth-order valence-corrected chi connectivity index (χ4v) is 3.50. The average Bonchev–Trinajstić information content (AvgIpc) is 2.61. The van der Waals surface area contributed by atoms with Gasteiger partial charge in [0, 0.05) is 12.6 Å². The molecule has 2 aromatic rings. The Morgan fingerprint density at radius 3 is 1.97 bits per heavy atom. The van der Waals surface area contributed by atoms with Crippen molar-refractivity contribution >= 4 is 33.5 Å². The van der Waals surface area contributed by atoms with Gasteiger partial charge in [0.15, 0.2) is 10.8 Å². The van der Waals surface area contributed by atoms with E-state index in [4.69, 9.17) is 0 Å². The number of nitrogens with one attached hydrogen (secondary N) is 3. The zero-order valence-electron chi connectivity index (χ0n) is 17.3. The molecule has 0 fully saturated rings. The summed E-state index contributed by atoms with van der Waals surface area (Å²) in [6.07, 6.45) is 1.97. The molecule has 162 valence electrons. The second-order valence-electron chi connectivity index (χ2n) is 7.25. The van der Waals surface area contributed by atoms with Crippen LogP contribution in [0.4, 0.5) is 20.7 Å². The molecule has 0 saturated carbocycles. The summed E-state index contributed by atoms with van der Waals surface area (Å²) >= 11 is 0. The van der Waals surface area contributed by atoms with Crippen molar-refractivity contribution in [2.24, 2.45) is 0 Å². The van der Waals surface area contributed by atoms with Crippen LogP contribution in [0.25, 0.3) is 0 Å². The van der Waals surface area contributed by atoms with Crippen molar-refractivity contribution in [1.29, 1.82) is 0 Å². The lowest BCUT2D eigenvalue weighted by molar-refractivity contribution is -0.114. The van der Waals surface area contributed by atoms with Gasteiger partial charge in [-0.2, -0.15) is 8.42 Å². The van der Waals surface area contributed by atoms with E-state index >= 15 is 0 Å². The first-order valence-electron chi connectivity index (χ1n) is 9.17. The van der Waals surface area contributed by atoms with Gasteiger partial charge in [0.05, 0.1) is 12.4 Å². The summed E-state index contributed by atoms with van der Waals surface area (Å²) in [4.78, 5) is 30.9. The number of benzene rings is 1. The van der Waals surface area contributed by atoms with Gasteiger partial charge in [-0.05, 0) is 35.1 Å². The van der Waals surface area contributed by atoms with Crippen LogP contribution < -0.4 is 15.4 Å². The van der Waals surface area contributed by atoms with Crippen molar-refractivity contribution in [2.45, 2.75) is 51.5 Å². The van der Waals surface area contributed by atoms with Gasteiger partial charge >= 0.3 is 6.03 Å². The Morgan fingerprint density at radius 1 is 0.967 bits per heavy atom. The fourth-order valence-electron chi connectivity index (χ4n) is 2.72. The van der Waals surface area contributed by atoms with E-state index in [1.165, 1.54) is 19.1 Å². The molecule has 3 amide bonds. The fraction of sp³-hybridized carbons (Fsp3) is 0.368. The van der Waals surface area contributed by atoms with Crippen molar-refractivity contribution in [3.63, 3.8) is 0 Å². The first-order chi connectivity index (χ1) is 13.9. The molecule has 1 heterocycles. The van der Waals surface area contributed by atoms with Gasteiger partial charge in [-0.3, -0.25) is 4.79 Å². The third kappa shape index (κ3) is 5.72. The molecule has 30 heavy (non-hydrogen) atoms. The van der Waals surface area contributed by atoms with Crippen LogP contribution in [0.1, 0.15) is 57.6 Å². The Balaban J connectivity index is 2.27. The van der Waals surface area contributed by atoms with Crippen LogP contribution >= 0.6 is 0 Å². The van der Waals surface area contributed by atoms with Gasteiger partial charge in [0.1, 0.15) is 5.82 Å². The molecule has 0 radical (unpaired) electrons. The molecule has 11 heteroatoms. The molecule has 0 aliphatic carbocycles. The molecular weight excluding hydrogens is 413 g/mol. The summed E-state index contributed by atoms with van der Waals surface area (Å²) in [6.45, 7) is 8.62. The SMILES string of the molecule is CC(=O)Nc1cnc(S(=O)(=O)NC(=O)Nc2c(C(C)C)cc(F)cc2C(C)C)cn1. The number of carbonyl (C=O) groups is 2. The molecular formula is C19H24FN5O4S. The highest BCUT2D eigenvalue weighted by Gasteiger charge is 2.23. The molecule has 2 rings (SSSR count). The minimum atomic E-state index is -4.32. The Hall–Kier alpha value is -3.08. The number of anilines is 2. The summed E-state index contributed by atoms with van der Waals surface area (Å²) in [5.74, 6) is -0.982. The van der Waals surface area contributed by atoms with Crippen LogP contribution in [0.3, 0.4) is 0 Å². The quantitative estimate of drug-likeness (QED) is 0.635. The molecule has 0 unspecified atom stereocenters. The smallest absolute Gasteiger partial charge is 0.310 e. The molecule has 0 spiro atoms. The lowest BCUT2D eigenvalue weighted by Crippen LogP contribution is -2.35. The number of halogens is 1. The molecule has 0 aliphatic heterocycles. The standard InChI is InChI=1S/C19H24FN5O4S/c1-10(2)14-6-13(20)7-15(11(3)4)18(14)24-19(27)25-30(28,29)17-9-21-16(8-22-17)23-12(5)26/h6-11H,1-5H3,(H,21,23,26)(H2,24,25,27). The molecule has 1 aromatic carbocycles. The van der Waals surface area contributed by atoms with Gasteiger partial charge in [0.25, 0.3) is 10.0 Å². The lowest BCUT2D eigenvalue weighted by Gasteiger charge is -2.20. The van der Waals surface area contributed by atoms with Gasteiger partial charge in [0.2, 0.25) is 5.91 Å². The van der Waals surface area contributed by atoms with E-state index in [-0.39, 0.29) is 17.7 Å². The predicted octanol–water partition coefficient (Wildman–Crippen LogP) is 3.33. The van der Waals surface area contributed by atoms with Crippen LogP contribution in [0.5, 0.6) is 0 Å². The van der Waals surface area contributed by atoms with E-state index in [1.54, 1.807) is 0 Å². The summed E-state index contributed by atoms with van der Waals surface area (Å²) in [7, 11) is -4.32. The predicted molar refractivity (Wildman–Crippen MR) is 110 cm³/mol. The second kappa shape index (κ2) is 9.16. The Bertz CT molecular complexity index is 1020. The number of urea groups is 1. The van der Waals surface area contributed by atoms with Crippen molar-refractivity contribution in [1.82, 2.24) is 14.7 Å². The largest absolute Gasteiger partial charge is 0.333 e. The highest BCUT2D eigenvalue weighted by molar-refractivity contribution is 7.90. The molecule has 0 aliphatic rings. The van der Waals surface area contributed by atoms with E-state index in [2.05, 4.69) is 20.6 Å². The molecule has 1 aromatic heterocycles. The zero-order chi connectivity index (χ0) is 22.6. The minimum Gasteiger partial charge on any atom is -0.310 e. The van der Waals surface area contributed by atoms with E-state index < -0.39 is 32.8 Å². The lowest BCUT2D eigenvalue weighted by atomic mass is 9.92. The average molecular weight is 437 g/mol. The van der Waals surface area contributed by atoms with Crippen molar-refractivity contribution < 1.29 is 22.4 Å². The molecule has 0 atom stereocenters. The second-order valence-corrected chi connectivity index (χ2v) is 8.88. The van der Waals surface area contributed by atoms with E-state index in [1.807, 2.05) is 32.4 Å². The van der Waals surface area contributed by atoms with Gasteiger partial charge < -0.3 is 10.6 Å². The van der Waals surface area contributed by atoms with Crippen molar-refractivity contribution in [2.75, 3.05) is 10.6 Å². The number of sulfonamides is 1. The third-order valence-corrected chi connectivity index (χ3v) is 5.30. The molecule has 9 nitrogen and oxygen atoms in total. The number of nitrogens with zero attached hydrogens (tertiary/aromatic N) is 2. The molecule has 3 N–H and O–H groups in total. The number of amides is 3. The highest BCUT2D eigenvalue weighted by atomic mass is 32.2. The van der Waals surface area contributed by atoms with E-state index in [0.717, 1.165) is 12.4 Å². The van der Waals surface area contributed by atoms with Crippen LogP contribution in [-0.2, 0) is 14.8 Å². The van der Waals surface area contributed by atoms with Crippen LogP contribution in [0.15, 0.2) is 29.6 Å². The number of rotatable bonds is 6. The number of carbonyl (C=O) groups excluding carboxylic acids is 2. The first kappa shape index (κ1) is 23.2. The zero-order valence-corrected chi connectivity index (χ0v) is 18.1. The van der Waals surface area contributed by atoms with Gasteiger partial charge in [-0.25, -0.2) is 23.9 Å². The van der Waals surface area contributed by atoms with Crippen molar-refractivity contribution in [3.05, 3.63) is 41.5 Å². The van der Waals surface area contributed by atoms with Crippen LogP contribution in [0, 0.1) is 5.82 Å². The molecule has 0 bridgehead atoms. The monoisotopic (exact) mass is 437 g/mol. The van der Waals surface area contributed by atoms with Crippen LogP contribution in [-0.4, -0.2) is 30.3 Å². The first-order valence-corrected chi connectivity index (χ1v) is 10.7. The normalized spacial score (nSPS) is 11.5. The topological polar surface area (TPSA) is 130 Å². The van der Waals surface area contributed by atoms with Gasteiger partial charge in [-0.1, -0.05) is 27.7 Å². The number of aromatic nitrogens is 2. The van der Waals surface area contributed by atoms with E-state index in [0.29, 0.717) is 16.8 Å². The maximum atomic E-state index is 14.0. The third-order valence-electron chi connectivity index (χ3n) is 4.08. The van der Waals surface area contributed by atoms with E-state index in [9.17, 15) is 22.4 Å². The summed E-state index contributed by atoms with van der Waals surface area (Å²) in [5.41, 5.74) is 1.46. The molecule has 0 saturated heterocycles. The van der Waals surface area contributed by atoms with Crippen LogP contribution in [0.2, 0.25) is 0 Å². The highest BCUT2D eigenvalue weighted by Crippen LogP contribution is 2.33.